The Labute approximate surface area is 224 Å². The molecular formula is C28H42Cl2Zr. The molecule has 2 saturated carbocycles. The van der Waals surface area contributed by atoms with Crippen molar-refractivity contribution in [2.45, 2.75) is 105 Å². The van der Waals surface area contributed by atoms with Gasteiger partial charge in [-0.05, 0) is 48.3 Å². The molecule has 0 atom stereocenters. The van der Waals surface area contributed by atoms with E-state index in [1.54, 1.807) is 0 Å². The summed E-state index contributed by atoms with van der Waals surface area (Å²) in [6.45, 7) is 9.52. The second-order valence-electron chi connectivity index (χ2n) is 10.1. The van der Waals surface area contributed by atoms with Crippen molar-refractivity contribution in [1.82, 2.24) is 0 Å². The van der Waals surface area contributed by atoms with Crippen molar-refractivity contribution in [2.75, 3.05) is 0 Å². The molecule has 2 fully saturated rings. The van der Waals surface area contributed by atoms with Crippen molar-refractivity contribution < 1.29 is 51.0 Å². The minimum absolute atomic E-state index is 0. The molecule has 0 radical (unpaired) electrons. The fourth-order valence-corrected chi connectivity index (χ4v) is 6.17. The Morgan fingerprint density at radius 3 is 1.16 bits per heavy atom. The van der Waals surface area contributed by atoms with Crippen molar-refractivity contribution >= 4 is 0 Å². The molecule has 31 heavy (non-hydrogen) atoms. The van der Waals surface area contributed by atoms with E-state index in [4.69, 9.17) is 0 Å². The third-order valence-electron chi connectivity index (χ3n) is 8.16. The van der Waals surface area contributed by atoms with E-state index in [-0.39, 0.29) is 51.0 Å². The summed E-state index contributed by atoms with van der Waals surface area (Å²) in [6.07, 6.45) is 32.4. The summed E-state index contributed by atoms with van der Waals surface area (Å²) in [5.74, 6) is 1.54. The molecule has 0 aliphatic heterocycles. The molecule has 172 valence electrons. The van der Waals surface area contributed by atoms with Crippen LogP contribution in [0.25, 0.3) is 0 Å². The van der Waals surface area contributed by atoms with Crippen molar-refractivity contribution in [3.8, 4) is 0 Å². The van der Waals surface area contributed by atoms with Gasteiger partial charge in [-0.1, -0.05) is 66.2 Å². The Morgan fingerprint density at radius 2 is 0.935 bits per heavy atom. The SMILES string of the molecule is CC(C)C1(C2=[C-]CC=C2)CCCCC1.CC(C)C1(C2=[C-]CC=C2)CCCCC1.[Cl-].[Cl-].[Zr+4]. The predicted octanol–water partition coefficient (Wildman–Crippen LogP) is 2.57. The molecule has 0 unspecified atom stereocenters. The zero-order valence-corrected chi connectivity index (χ0v) is 24.2. The Bertz CT molecular complexity index is 571. The molecule has 0 aromatic carbocycles. The van der Waals surface area contributed by atoms with E-state index in [1.807, 2.05) is 0 Å². The molecular weight excluding hydrogens is 498 g/mol. The van der Waals surface area contributed by atoms with Crippen LogP contribution in [0.5, 0.6) is 0 Å². The fourth-order valence-electron chi connectivity index (χ4n) is 6.17. The summed E-state index contributed by atoms with van der Waals surface area (Å²) in [7, 11) is 0. The Kier molecular flexibility index (Phi) is 14.8. The van der Waals surface area contributed by atoms with E-state index in [1.165, 1.54) is 75.4 Å². The van der Waals surface area contributed by atoms with Crippen molar-refractivity contribution in [2.24, 2.45) is 22.7 Å². The molecule has 4 rings (SSSR count). The van der Waals surface area contributed by atoms with Gasteiger partial charge in [0.25, 0.3) is 0 Å². The van der Waals surface area contributed by atoms with Crippen LogP contribution in [0, 0.1) is 34.8 Å². The monoisotopic (exact) mass is 538 g/mol. The largest absolute Gasteiger partial charge is 4.00 e. The smallest absolute Gasteiger partial charge is 1.00 e. The van der Waals surface area contributed by atoms with Gasteiger partial charge in [0.15, 0.2) is 0 Å². The number of hydrogen-bond acceptors (Lipinski definition) is 0. The van der Waals surface area contributed by atoms with Gasteiger partial charge in [-0.3, -0.25) is 12.2 Å². The zero-order valence-electron chi connectivity index (χ0n) is 20.2. The molecule has 0 aromatic rings. The first-order valence-corrected chi connectivity index (χ1v) is 12.1. The Hall–Kier alpha value is 0.423. The molecule has 4 aliphatic rings. The van der Waals surface area contributed by atoms with Gasteiger partial charge in [-0.25, -0.2) is 23.3 Å². The van der Waals surface area contributed by atoms with Crippen LogP contribution in [-0.4, -0.2) is 0 Å². The molecule has 0 N–H and O–H groups in total. The average molecular weight is 541 g/mol. The van der Waals surface area contributed by atoms with Gasteiger partial charge in [0, 0.05) is 0 Å². The van der Waals surface area contributed by atoms with E-state index in [0.717, 1.165) is 24.7 Å². The van der Waals surface area contributed by atoms with Crippen molar-refractivity contribution in [1.29, 1.82) is 0 Å². The third kappa shape index (κ3) is 7.20. The fraction of sp³-hybridized carbons (Fsp3) is 0.714. The Morgan fingerprint density at radius 1 is 0.613 bits per heavy atom. The van der Waals surface area contributed by atoms with Gasteiger partial charge in [0.1, 0.15) is 0 Å². The van der Waals surface area contributed by atoms with Gasteiger partial charge in [-0.2, -0.15) is 12.2 Å². The summed E-state index contributed by atoms with van der Waals surface area (Å²) in [4.78, 5) is 0. The third-order valence-corrected chi connectivity index (χ3v) is 8.16. The quantitative estimate of drug-likeness (QED) is 0.481. The van der Waals surface area contributed by atoms with Crippen LogP contribution < -0.4 is 24.8 Å². The normalized spacial score (nSPS) is 23.0. The van der Waals surface area contributed by atoms with Gasteiger partial charge in [0.05, 0.1) is 0 Å². The zero-order chi connectivity index (χ0) is 20.0. The minimum Gasteiger partial charge on any atom is -1.00 e. The van der Waals surface area contributed by atoms with Crippen LogP contribution >= 0.6 is 0 Å². The summed E-state index contributed by atoms with van der Waals surface area (Å²) < 4.78 is 0. The Balaban J connectivity index is 0.000000529. The second kappa shape index (κ2) is 14.6. The molecule has 0 nitrogen and oxygen atoms in total. The topological polar surface area (TPSA) is 0 Å². The van der Waals surface area contributed by atoms with Crippen LogP contribution in [0.2, 0.25) is 0 Å². The summed E-state index contributed by atoms with van der Waals surface area (Å²) >= 11 is 0. The number of rotatable bonds is 4. The standard InChI is InChI=1S/2C14H21.2ClH.Zr/c2*1-12(2)14(10-6-3-7-11-14)13-8-4-5-9-13;;;/h2*4,8,12H,3,5-7,10-11H2,1-2H3;2*1H;/q2*-1;;;+4/p-2. The van der Waals surface area contributed by atoms with Crippen LogP contribution in [0.3, 0.4) is 0 Å². The van der Waals surface area contributed by atoms with Crippen LogP contribution in [0.4, 0.5) is 0 Å². The van der Waals surface area contributed by atoms with Crippen LogP contribution in [0.1, 0.15) is 105 Å². The maximum atomic E-state index is 3.55. The average Bonchev–Trinajstić information content (AvgIpc) is 3.44. The van der Waals surface area contributed by atoms with Gasteiger partial charge in [0.2, 0.25) is 0 Å². The maximum Gasteiger partial charge on any atom is 4.00 e. The minimum atomic E-state index is 0. The van der Waals surface area contributed by atoms with Gasteiger partial charge < -0.3 is 24.8 Å². The van der Waals surface area contributed by atoms with E-state index in [2.05, 4.69) is 64.2 Å². The summed E-state index contributed by atoms with van der Waals surface area (Å²) in [5, 5.41) is 0. The van der Waals surface area contributed by atoms with Crippen LogP contribution in [0.15, 0.2) is 35.5 Å². The van der Waals surface area contributed by atoms with E-state index >= 15 is 0 Å². The first-order valence-electron chi connectivity index (χ1n) is 12.1. The molecule has 0 heterocycles. The molecule has 0 saturated heterocycles. The number of halogens is 2. The van der Waals surface area contributed by atoms with Crippen molar-refractivity contribution in [3.05, 3.63) is 47.6 Å². The first-order chi connectivity index (χ1) is 13.5. The van der Waals surface area contributed by atoms with E-state index in [9.17, 15) is 0 Å². The maximum absolute atomic E-state index is 3.55. The molecule has 0 aromatic heterocycles. The van der Waals surface area contributed by atoms with E-state index < -0.39 is 0 Å². The molecule has 0 bridgehead atoms. The summed E-state index contributed by atoms with van der Waals surface area (Å²) in [5.41, 5.74) is 4.00. The van der Waals surface area contributed by atoms with E-state index in [0.29, 0.717) is 10.8 Å². The first kappa shape index (κ1) is 31.4. The molecule has 0 spiro atoms. The molecule has 3 heteroatoms. The number of hydrogen-bond donors (Lipinski definition) is 0. The van der Waals surface area contributed by atoms with Crippen molar-refractivity contribution in [3.63, 3.8) is 0 Å². The number of allylic oxidation sites excluding steroid dienone is 8. The molecule has 4 aliphatic carbocycles. The second-order valence-corrected chi connectivity index (χ2v) is 10.1. The predicted molar refractivity (Wildman–Crippen MR) is 122 cm³/mol. The van der Waals surface area contributed by atoms with Gasteiger partial charge in [-0.15, -0.1) is 12.8 Å². The van der Waals surface area contributed by atoms with Gasteiger partial charge >= 0.3 is 26.2 Å². The molecule has 0 amide bonds. The summed E-state index contributed by atoms with van der Waals surface area (Å²) in [6, 6.07) is 0. The van der Waals surface area contributed by atoms with Crippen LogP contribution in [-0.2, 0) is 26.2 Å².